The van der Waals surface area contributed by atoms with E-state index in [9.17, 15) is 25.9 Å². The van der Waals surface area contributed by atoms with Gasteiger partial charge in [0.15, 0.2) is 0 Å². The molecular formula is C26H20MgN2O6S2. The summed E-state index contributed by atoms with van der Waals surface area (Å²) in [5.41, 5.74) is 3.06. The average molecular weight is 545 g/mol. The molecule has 0 saturated carbocycles. The molecule has 0 heterocycles. The number of aliphatic imine (C=N–C) groups is 2. The molecule has 11 heteroatoms. The zero-order valence-electron chi connectivity index (χ0n) is 19.4. The largest absolute Gasteiger partial charge is 2.00 e. The van der Waals surface area contributed by atoms with Crippen LogP contribution < -0.4 is 0 Å². The van der Waals surface area contributed by atoms with E-state index in [1.54, 1.807) is 12.4 Å². The van der Waals surface area contributed by atoms with Crippen LogP contribution in [0.2, 0.25) is 0 Å². The Bertz CT molecular complexity index is 1420. The molecule has 0 saturated heterocycles. The van der Waals surface area contributed by atoms with Crippen LogP contribution in [-0.2, 0) is 20.2 Å². The molecule has 0 spiro atoms. The monoisotopic (exact) mass is 544 g/mol. The maximum absolute atomic E-state index is 10.7. The van der Waals surface area contributed by atoms with Crippen molar-refractivity contribution in [3.63, 3.8) is 0 Å². The summed E-state index contributed by atoms with van der Waals surface area (Å²) in [5.74, 6) is 0. The Morgan fingerprint density at radius 2 is 0.784 bits per heavy atom. The maximum atomic E-state index is 10.7. The van der Waals surface area contributed by atoms with Crippen LogP contribution in [0.3, 0.4) is 0 Å². The Morgan fingerprint density at radius 3 is 1.05 bits per heavy atom. The van der Waals surface area contributed by atoms with E-state index < -0.39 is 20.2 Å². The average Bonchev–Trinajstić information content (AvgIpc) is 2.87. The van der Waals surface area contributed by atoms with Gasteiger partial charge in [0, 0.05) is 12.4 Å². The molecule has 0 atom stereocenters. The maximum Gasteiger partial charge on any atom is 2.00 e. The third-order valence-corrected chi connectivity index (χ3v) is 6.27. The van der Waals surface area contributed by atoms with Gasteiger partial charge in [-0.15, -0.1) is 0 Å². The minimum Gasteiger partial charge on any atom is -0.744 e. The molecule has 0 bridgehead atoms. The van der Waals surface area contributed by atoms with Gasteiger partial charge in [-0.2, -0.15) is 0 Å². The molecule has 0 amide bonds. The van der Waals surface area contributed by atoms with Gasteiger partial charge < -0.3 is 9.11 Å². The number of benzene rings is 4. The first-order valence-electron chi connectivity index (χ1n) is 10.4. The molecule has 4 aromatic carbocycles. The van der Waals surface area contributed by atoms with E-state index >= 15 is 0 Å². The smallest absolute Gasteiger partial charge is 0.744 e. The van der Waals surface area contributed by atoms with Gasteiger partial charge in [0.1, 0.15) is 20.2 Å². The predicted octanol–water partition coefficient (Wildman–Crippen LogP) is 4.30. The van der Waals surface area contributed by atoms with E-state index in [1.165, 1.54) is 48.5 Å². The topological polar surface area (TPSA) is 139 Å². The molecule has 184 valence electrons. The molecule has 37 heavy (non-hydrogen) atoms. The third-order valence-electron chi connectivity index (χ3n) is 4.58. The molecule has 0 aliphatic carbocycles. The van der Waals surface area contributed by atoms with Crippen molar-refractivity contribution in [3.05, 3.63) is 120 Å². The molecule has 4 rings (SSSR count). The van der Waals surface area contributed by atoms with Gasteiger partial charge in [-0.1, -0.05) is 60.7 Å². The van der Waals surface area contributed by atoms with Gasteiger partial charge in [0.2, 0.25) is 0 Å². The van der Waals surface area contributed by atoms with Crippen molar-refractivity contribution in [2.24, 2.45) is 9.98 Å². The zero-order chi connectivity index (χ0) is 26.0. The van der Waals surface area contributed by atoms with E-state index in [0.717, 1.165) is 11.1 Å². The van der Waals surface area contributed by atoms with Crippen LogP contribution >= 0.6 is 0 Å². The summed E-state index contributed by atoms with van der Waals surface area (Å²) in [6.45, 7) is 0. The summed E-state index contributed by atoms with van der Waals surface area (Å²) in [5, 5.41) is 0. The first kappa shape index (κ1) is 30.0. The summed E-state index contributed by atoms with van der Waals surface area (Å²) in [4.78, 5) is 7.86. The summed E-state index contributed by atoms with van der Waals surface area (Å²) < 4.78 is 64.4. The molecule has 4 aromatic rings. The normalized spacial score (nSPS) is 11.5. The van der Waals surface area contributed by atoms with Gasteiger partial charge >= 0.3 is 23.1 Å². The second-order valence-corrected chi connectivity index (χ2v) is 9.99. The van der Waals surface area contributed by atoms with E-state index in [1.807, 2.05) is 60.7 Å². The van der Waals surface area contributed by atoms with Gasteiger partial charge in [-0.05, 0) is 59.7 Å². The Labute approximate surface area is 232 Å². The number of nitrogens with zero attached hydrogens (tertiary/aromatic N) is 2. The molecule has 0 unspecified atom stereocenters. The Hall–Kier alpha value is -3.19. The first-order chi connectivity index (χ1) is 17.1. The van der Waals surface area contributed by atoms with Gasteiger partial charge in [0.25, 0.3) is 0 Å². The Morgan fingerprint density at radius 1 is 0.486 bits per heavy atom. The summed E-state index contributed by atoms with van der Waals surface area (Å²) in [6, 6.07) is 30.0. The van der Waals surface area contributed by atoms with Crippen LogP contribution in [0.25, 0.3) is 0 Å². The second kappa shape index (κ2) is 13.9. The van der Waals surface area contributed by atoms with Crippen molar-refractivity contribution >= 4 is 67.1 Å². The summed E-state index contributed by atoms with van der Waals surface area (Å²) in [7, 11) is -8.78. The van der Waals surface area contributed by atoms with Crippen LogP contribution in [0.4, 0.5) is 11.4 Å². The van der Waals surface area contributed by atoms with Crippen molar-refractivity contribution < 1.29 is 25.9 Å². The quantitative estimate of drug-likeness (QED) is 0.201. The summed E-state index contributed by atoms with van der Waals surface area (Å²) >= 11 is 0. The van der Waals surface area contributed by atoms with Gasteiger partial charge in [0.05, 0.1) is 21.2 Å². The fraction of sp³-hybridized carbons (Fsp3) is 0. The molecule has 0 radical (unpaired) electrons. The van der Waals surface area contributed by atoms with Crippen molar-refractivity contribution in [2.45, 2.75) is 9.79 Å². The Kier molecular flexibility index (Phi) is 11.3. The fourth-order valence-electron chi connectivity index (χ4n) is 2.77. The predicted molar refractivity (Wildman–Crippen MR) is 142 cm³/mol. The number of hydrogen-bond acceptors (Lipinski definition) is 8. The zero-order valence-corrected chi connectivity index (χ0v) is 22.5. The molecule has 0 N–H and O–H groups in total. The van der Waals surface area contributed by atoms with Crippen molar-refractivity contribution in [3.8, 4) is 0 Å². The van der Waals surface area contributed by atoms with Crippen LogP contribution in [-0.4, -0.2) is 61.4 Å². The van der Waals surface area contributed by atoms with Crippen LogP contribution in [0.5, 0.6) is 0 Å². The van der Waals surface area contributed by atoms with Gasteiger partial charge in [-0.3, -0.25) is 9.98 Å². The molecule has 8 nitrogen and oxygen atoms in total. The van der Waals surface area contributed by atoms with E-state index in [0.29, 0.717) is 11.4 Å². The van der Waals surface area contributed by atoms with Crippen molar-refractivity contribution in [1.82, 2.24) is 0 Å². The van der Waals surface area contributed by atoms with E-state index in [-0.39, 0.29) is 32.8 Å². The minimum atomic E-state index is -4.39. The minimum absolute atomic E-state index is 0. The molecule has 0 aliphatic rings. The first-order valence-corrected chi connectivity index (χ1v) is 13.2. The SMILES string of the molecule is O=S(=O)([O-])c1ccc(N=Cc2ccccc2)cc1.O=S(=O)([O-])c1ccc(N=Cc2ccccc2)cc1.[Mg+2]. The second-order valence-electron chi connectivity index (χ2n) is 7.23. The number of hydrogen-bond donors (Lipinski definition) is 0. The van der Waals surface area contributed by atoms with Gasteiger partial charge in [-0.25, -0.2) is 16.8 Å². The summed E-state index contributed by atoms with van der Waals surface area (Å²) in [6.07, 6.45) is 3.33. The molecule has 0 fully saturated rings. The Balaban J connectivity index is 0.000000253. The molecular weight excluding hydrogens is 525 g/mol. The van der Waals surface area contributed by atoms with E-state index in [4.69, 9.17) is 0 Å². The van der Waals surface area contributed by atoms with Crippen LogP contribution in [0.15, 0.2) is 129 Å². The third kappa shape index (κ3) is 10.4. The van der Waals surface area contributed by atoms with Crippen molar-refractivity contribution in [2.75, 3.05) is 0 Å². The molecule has 0 aromatic heterocycles. The fourth-order valence-corrected chi connectivity index (χ4v) is 3.71. The molecule has 0 aliphatic heterocycles. The number of rotatable bonds is 6. The van der Waals surface area contributed by atoms with Crippen LogP contribution in [0, 0.1) is 0 Å². The van der Waals surface area contributed by atoms with Crippen LogP contribution in [0.1, 0.15) is 11.1 Å². The standard InChI is InChI=1S/2C13H11NO3S.Mg/c2*15-18(16,17)13-8-6-12(7-9-13)14-10-11-4-2-1-3-5-11;/h2*1-10H,(H,15,16,17);/q;;+2/p-2. The van der Waals surface area contributed by atoms with Crippen molar-refractivity contribution in [1.29, 1.82) is 0 Å². The van der Waals surface area contributed by atoms with E-state index in [2.05, 4.69) is 9.98 Å².